The van der Waals surface area contributed by atoms with Crippen molar-refractivity contribution in [2.24, 2.45) is 0 Å². The van der Waals surface area contributed by atoms with Gasteiger partial charge in [0.15, 0.2) is 0 Å². The molecule has 1 aromatic heterocycles. The third-order valence-electron chi connectivity index (χ3n) is 1.19. The Bertz CT molecular complexity index is 201. The fraction of sp³-hybridized carbons (Fsp3) is 0.500. The maximum Gasteiger partial charge on any atom is 0.0623 e. The van der Waals surface area contributed by atoms with Crippen molar-refractivity contribution in [2.75, 3.05) is 13.6 Å². The average molecular weight is 288 g/mol. The molecule has 3 nitrogen and oxygen atoms in total. The Morgan fingerprint density at radius 2 is 2.45 bits per heavy atom. The van der Waals surface area contributed by atoms with Crippen molar-refractivity contribution in [3.63, 3.8) is 0 Å². The molecule has 0 aliphatic rings. The number of nitrogens with zero attached hydrogens (tertiary/aromatic N) is 2. The molecule has 1 heterocycles. The first kappa shape index (κ1) is 11.2. The minimum Gasteiger partial charge on any atom is -0.318 e. The fourth-order valence-electron chi connectivity index (χ4n) is 0.687. The van der Waals surface area contributed by atoms with E-state index in [-0.39, 0.29) is 12.4 Å². The summed E-state index contributed by atoms with van der Waals surface area (Å²) in [5.74, 6) is 0. The Labute approximate surface area is 86.1 Å². The van der Waals surface area contributed by atoms with E-state index >= 15 is 0 Å². The minimum absolute atomic E-state index is 0. The molecule has 1 N–H and O–H groups in total. The summed E-state index contributed by atoms with van der Waals surface area (Å²) in [5.41, 5.74) is 0. The van der Waals surface area contributed by atoms with Crippen LogP contribution in [0.1, 0.15) is 0 Å². The summed E-state index contributed by atoms with van der Waals surface area (Å²) in [7, 11) is 1.94. The van der Waals surface area contributed by atoms with Gasteiger partial charge in [-0.2, -0.15) is 5.10 Å². The highest BCUT2D eigenvalue weighted by Crippen LogP contribution is 1.99. The number of hydrogen-bond acceptors (Lipinski definition) is 2. The second-order valence-electron chi connectivity index (χ2n) is 2.03. The van der Waals surface area contributed by atoms with Crippen LogP contribution in [0, 0.1) is 3.57 Å². The molecule has 0 spiro atoms. The molecule has 0 radical (unpaired) electrons. The molecule has 0 atom stereocenters. The van der Waals surface area contributed by atoms with Gasteiger partial charge in [0.05, 0.1) is 16.3 Å². The third kappa shape index (κ3) is 3.93. The van der Waals surface area contributed by atoms with E-state index in [0.717, 1.165) is 13.1 Å². The van der Waals surface area contributed by atoms with Crippen LogP contribution in [0.5, 0.6) is 0 Å². The van der Waals surface area contributed by atoms with Crippen molar-refractivity contribution in [2.45, 2.75) is 6.54 Å². The Morgan fingerprint density at radius 3 is 2.91 bits per heavy atom. The number of nitrogens with one attached hydrogen (secondary N) is 1. The first-order valence-electron chi connectivity index (χ1n) is 3.15. The van der Waals surface area contributed by atoms with Crippen LogP contribution >= 0.6 is 35.0 Å². The highest BCUT2D eigenvalue weighted by Gasteiger charge is 1.91. The summed E-state index contributed by atoms with van der Waals surface area (Å²) in [5, 5.41) is 7.18. The average Bonchev–Trinajstić information content (AvgIpc) is 2.31. The van der Waals surface area contributed by atoms with Gasteiger partial charge in [0.1, 0.15) is 0 Å². The monoisotopic (exact) mass is 287 g/mol. The maximum atomic E-state index is 4.12. The summed E-state index contributed by atoms with van der Waals surface area (Å²) >= 11 is 2.25. The molecule has 0 saturated carbocycles. The number of rotatable bonds is 3. The van der Waals surface area contributed by atoms with E-state index < -0.39 is 0 Å². The predicted molar refractivity (Wildman–Crippen MR) is 56.1 cm³/mol. The molecular formula is C6H11ClIN3. The topological polar surface area (TPSA) is 29.9 Å². The van der Waals surface area contributed by atoms with Gasteiger partial charge in [0.2, 0.25) is 0 Å². The number of likely N-dealkylation sites (N-methyl/N-ethyl adjacent to an activating group) is 1. The Balaban J connectivity index is 0.000001000. The van der Waals surface area contributed by atoms with E-state index in [4.69, 9.17) is 0 Å². The van der Waals surface area contributed by atoms with Crippen molar-refractivity contribution in [3.8, 4) is 0 Å². The van der Waals surface area contributed by atoms with Crippen LogP contribution in [0.25, 0.3) is 0 Å². The summed E-state index contributed by atoms with van der Waals surface area (Å²) < 4.78 is 3.12. The third-order valence-corrected chi connectivity index (χ3v) is 1.75. The summed E-state index contributed by atoms with van der Waals surface area (Å²) in [6.45, 7) is 1.91. The van der Waals surface area contributed by atoms with Crippen LogP contribution in [-0.2, 0) is 6.54 Å². The molecular weight excluding hydrogens is 276 g/mol. The van der Waals surface area contributed by atoms with Crippen LogP contribution in [-0.4, -0.2) is 23.4 Å². The predicted octanol–water partition coefficient (Wildman–Crippen LogP) is 1.13. The lowest BCUT2D eigenvalue weighted by Crippen LogP contribution is -2.14. The highest BCUT2D eigenvalue weighted by atomic mass is 127. The summed E-state index contributed by atoms with van der Waals surface area (Å²) in [4.78, 5) is 0. The van der Waals surface area contributed by atoms with Crippen molar-refractivity contribution < 1.29 is 0 Å². The highest BCUT2D eigenvalue weighted by molar-refractivity contribution is 14.1. The van der Waals surface area contributed by atoms with E-state index in [2.05, 4.69) is 33.0 Å². The normalized spacial score (nSPS) is 9.27. The van der Waals surface area contributed by atoms with E-state index in [1.165, 1.54) is 3.57 Å². The smallest absolute Gasteiger partial charge is 0.0623 e. The van der Waals surface area contributed by atoms with Crippen molar-refractivity contribution in [3.05, 3.63) is 16.0 Å². The van der Waals surface area contributed by atoms with Gasteiger partial charge in [0, 0.05) is 12.7 Å². The molecule has 0 saturated heterocycles. The van der Waals surface area contributed by atoms with Gasteiger partial charge in [-0.15, -0.1) is 12.4 Å². The molecule has 0 aromatic carbocycles. The lowest BCUT2D eigenvalue weighted by atomic mass is 10.6. The van der Waals surface area contributed by atoms with Gasteiger partial charge in [-0.25, -0.2) is 0 Å². The van der Waals surface area contributed by atoms with Gasteiger partial charge < -0.3 is 5.32 Å². The van der Waals surface area contributed by atoms with Crippen molar-refractivity contribution in [1.29, 1.82) is 0 Å². The zero-order valence-electron chi connectivity index (χ0n) is 6.25. The molecule has 0 aliphatic carbocycles. The van der Waals surface area contributed by atoms with Crippen molar-refractivity contribution >= 4 is 35.0 Å². The second kappa shape index (κ2) is 5.79. The van der Waals surface area contributed by atoms with Crippen LogP contribution < -0.4 is 5.32 Å². The first-order chi connectivity index (χ1) is 4.83. The second-order valence-corrected chi connectivity index (χ2v) is 3.27. The molecule has 1 rings (SSSR count). The summed E-state index contributed by atoms with van der Waals surface area (Å²) in [6.07, 6.45) is 3.88. The maximum absolute atomic E-state index is 4.12. The van der Waals surface area contributed by atoms with Gasteiger partial charge in [-0.05, 0) is 29.6 Å². The van der Waals surface area contributed by atoms with Crippen LogP contribution in [0.3, 0.4) is 0 Å². The van der Waals surface area contributed by atoms with Crippen LogP contribution in [0.4, 0.5) is 0 Å². The first-order valence-corrected chi connectivity index (χ1v) is 4.23. The fourth-order valence-corrected chi connectivity index (χ4v) is 1.13. The van der Waals surface area contributed by atoms with Crippen LogP contribution in [0.15, 0.2) is 12.4 Å². The molecule has 11 heavy (non-hydrogen) atoms. The largest absolute Gasteiger partial charge is 0.318 e. The number of aromatic nitrogens is 2. The molecule has 64 valence electrons. The molecule has 0 bridgehead atoms. The Morgan fingerprint density at radius 1 is 1.73 bits per heavy atom. The molecule has 0 aliphatic heterocycles. The zero-order valence-corrected chi connectivity index (χ0v) is 9.22. The van der Waals surface area contributed by atoms with Crippen molar-refractivity contribution in [1.82, 2.24) is 15.1 Å². The van der Waals surface area contributed by atoms with Crippen LogP contribution in [0.2, 0.25) is 0 Å². The summed E-state index contributed by atoms with van der Waals surface area (Å²) in [6, 6.07) is 0. The number of hydrogen-bond donors (Lipinski definition) is 1. The minimum atomic E-state index is 0. The lowest BCUT2D eigenvalue weighted by molar-refractivity contribution is 0.584. The van der Waals surface area contributed by atoms with E-state index in [1.807, 2.05) is 24.1 Å². The van der Waals surface area contributed by atoms with E-state index in [9.17, 15) is 0 Å². The SMILES string of the molecule is CNCCn1cc(I)cn1.Cl. The Hall–Kier alpha value is 0.190. The zero-order chi connectivity index (χ0) is 7.40. The van der Waals surface area contributed by atoms with Gasteiger partial charge in [0.25, 0.3) is 0 Å². The molecule has 0 fully saturated rings. The van der Waals surface area contributed by atoms with Gasteiger partial charge in [-0.3, -0.25) is 4.68 Å². The standard InChI is InChI=1S/C6H10IN3.ClH/c1-8-2-3-10-5-6(7)4-9-10;/h4-5,8H,2-3H2,1H3;1H. The van der Waals surface area contributed by atoms with E-state index in [0.29, 0.717) is 0 Å². The van der Waals surface area contributed by atoms with Gasteiger partial charge in [-0.1, -0.05) is 0 Å². The lowest BCUT2D eigenvalue weighted by Gasteiger charge is -1.97. The molecule has 5 heteroatoms. The quantitative estimate of drug-likeness (QED) is 0.845. The number of halogens is 2. The van der Waals surface area contributed by atoms with Gasteiger partial charge >= 0.3 is 0 Å². The Kier molecular flexibility index (Phi) is 5.89. The van der Waals surface area contributed by atoms with E-state index in [1.54, 1.807) is 0 Å². The molecule has 1 aromatic rings. The molecule has 0 unspecified atom stereocenters. The molecule has 0 amide bonds.